The zero-order valence-electron chi connectivity index (χ0n) is 17.1. The van der Waals surface area contributed by atoms with Crippen molar-refractivity contribution >= 4 is 11.9 Å². The van der Waals surface area contributed by atoms with Crippen LogP contribution in [0.3, 0.4) is 0 Å². The Balaban J connectivity index is 2.04. The number of nitrogens with zero attached hydrogens (tertiary/aromatic N) is 3. The number of rotatable bonds is 8. The van der Waals surface area contributed by atoms with Crippen LogP contribution in [0, 0.1) is 17.2 Å². The average Bonchev–Trinajstić information content (AvgIpc) is 2.72. The van der Waals surface area contributed by atoms with Gasteiger partial charge in [-0.1, -0.05) is 44.2 Å². The van der Waals surface area contributed by atoms with Gasteiger partial charge in [0.2, 0.25) is 0 Å². The van der Waals surface area contributed by atoms with Gasteiger partial charge in [-0.2, -0.15) is 5.26 Å². The number of carbonyl (C=O) groups excluding carboxylic acids is 2. The average molecular weight is 412 g/mol. The number of hydrogen-bond acceptors (Lipinski definition) is 6. The van der Waals surface area contributed by atoms with E-state index in [-0.39, 0.29) is 12.5 Å². The van der Waals surface area contributed by atoms with Gasteiger partial charge in [-0.15, -0.1) is 0 Å². The Labute approximate surface area is 173 Å². The zero-order valence-corrected chi connectivity index (χ0v) is 17.1. The van der Waals surface area contributed by atoms with E-state index < -0.39 is 41.8 Å². The molecule has 1 aromatic carbocycles. The number of aromatic nitrogens is 2. The SMILES string of the molecule is CC(C)[C@](C)(C#N)NC(=O)COC(=O)Cn1c(=O)ccn(Cc2ccccc2)c1=O. The van der Waals surface area contributed by atoms with E-state index in [0.29, 0.717) is 0 Å². The van der Waals surface area contributed by atoms with Crippen LogP contribution in [-0.4, -0.2) is 33.2 Å². The van der Waals surface area contributed by atoms with Crippen LogP contribution in [0.2, 0.25) is 0 Å². The normalized spacial score (nSPS) is 12.6. The Morgan fingerprint density at radius 3 is 2.47 bits per heavy atom. The topological polar surface area (TPSA) is 123 Å². The fourth-order valence-electron chi connectivity index (χ4n) is 2.55. The lowest BCUT2D eigenvalue weighted by Crippen LogP contribution is -2.50. The van der Waals surface area contributed by atoms with Crippen LogP contribution in [0.5, 0.6) is 0 Å². The summed E-state index contributed by atoms with van der Waals surface area (Å²) in [7, 11) is 0. The number of benzene rings is 1. The van der Waals surface area contributed by atoms with Crippen molar-refractivity contribution in [3.8, 4) is 6.07 Å². The van der Waals surface area contributed by atoms with Crippen LogP contribution < -0.4 is 16.6 Å². The maximum absolute atomic E-state index is 12.6. The molecule has 1 N–H and O–H groups in total. The third-order valence-electron chi connectivity index (χ3n) is 4.77. The Bertz CT molecular complexity index is 1070. The largest absolute Gasteiger partial charge is 0.454 e. The van der Waals surface area contributed by atoms with E-state index in [2.05, 4.69) is 5.32 Å². The van der Waals surface area contributed by atoms with Crippen molar-refractivity contribution in [2.24, 2.45) is 5.92 Å². The first-order valence-electron chi connectivity index (χ1n) is 9.38. The molecule has 30 heavy (non-hydrogen) atoms. The second kappa shape index (κ2) is 9.69. The summed E-state index contributed by atoms with van der Waals surface area (Å²) in [6, 6.07) is 12.4. The fraction of sp³-hybridized carbons (Fsp3) is 0.381. The van der Waals surface area contributed by atoms with Gasteiger partial charge in [-0.3, -0.25) is 19.0 Å². The van der Waals surface area contributed by atoms with Gasteiger partial charge in [0.15, 0.2) is 6.61 Å². The van der Waals surface area contributed by atoms with Gasteiger partial charge in [0.1, 0.15) is 12.1 Å². The summed E-state index contributed by atoms with van der Waals surface area (Å²) in [5.74, 6) is -1.72. The fourth-order valence-corrected chi connectivity index (χ4v) is 2.55. The number of esters is 1. The number of nitrogens with one attached hydrogen (secondary N) is 1. The second-order valence-corrected chi connectivity index (χ2v) is 7.31. The highest BCUT2D eigenvalue weighted by atomic mass is 16.5. The molecule has 9 heteroatoms. The Morgan fingerprint density at radius 2 is 1.87 bits per heavy atom. The lowest BCUT2D eigenvalue weighted by Gasteiger charge is -2.27. The summed E-state index contributed by atoms with van der Waals surface area (Å²) in [4.78, 5) is 48.7. The summed E-state index contributed by atoms with van der Waals surface area (Å²) in [6.07, 6.45) is 1.36. The third kappa shape index (κ3) is 5.67. The maximum atomic E-state index is 12.6. The molecular weight excluding hydrogens is 388 g/mol. The molecule has 0 aliphatic rings. The maximum Gasteiger partial charge on any atom is 0.331 e. The van der Waals surface area contributed by atoms with Crippen LogP contribution in [0.4, 0.5) is 0 Å². The van der Waals surface area contributed by atoms with Gasteiger partial charge >= 0.3 is 11.7 Å². The summed E-state index contributed by atoms with van der Waals surface area (Å²) in [5, 5.41) is 11.7. The molecule has 9 nitrogen and oxygen atoms in total. The molecule has 1 amide bonds. The predicted molar refractivity (Wildman–Crippen MR) is 108 cm³/mol. The Kier molecular flexibility index (Phi) is 7.31. The second-order valence-electron chi connectivity index (χ2n) is 7.31. The molecule has 0 saturated heterocycles. The molecule has 0 spiro atoms. The molecule has 158 valence electrons. The Morgan fingerprint density at radius 1 is 1.20 bits per heavy atom. The van der Waals surface area contributed by atoms with Gasteiger partial charge in [0.05, 0.1) is 12.6 Å². The quantitative estimate of drug-likeness (QED) is 0.635. The molecular formula is C21H24N4O5. The monoisotopic (exact) mass is 412 g/mol. The lowest BCUT2D eigenvalue weighted by molar-refractivity contribution is -0.149. The van der Waals surface area contributed by atoms with E-state index >= 15 is 0 Å². The molecule has 0 saturated carbocycles. The minimum atomic E-state index is -1.11. The highest BCUT2D eigenvalue weighted by molar-refractivity contribution is 5.81. The summed E-state index contributed by atoms with van der Waals surface area (Å²) < 4.78 is 6.93. The van der Waals surface area contributed by atoms with E-state index in [1.807, 2.05) is 36.4 Å². The van der Waals surface area contributed by atoms with Gasteiger partial charge in [0, 0.05) is 12.3 Å². The van der Waals surface area contributed by atoms with Gasteiger partial charge < -0.3 is 10.1 Å². The van der Waals surface area contributed by atoms with E-state index in [4.69, 9.17) is 4.74 Å². The molecule has 0 unspecified atom stereocenters. The van der Waals surface area contributed by atoms with E-state index in [1.54, 1.807) is 20.8 Å². The molecule has 1 aromatic heterocycles. The van der Waals surface area contributed by atoms with Crippen LogP contribution >= 0.6 is 0 Å². The van der Waals surface area contributed by atoms with Crippen molar-refractivity contribution in [2.75, 3.05) is 6.61 Å². The van der Waals surface area contributed by atoms with Crippen LogP contribution in [0.25, 0.3) is 0 Å². The first-order chi connectivity index (χ1) is 14.2. The summed E-state index contributed by atoms with van der Waals surface area (Å²) in [5.41, 5.74) is -1.56. The van der Waals surface area contributed by atoms with Crippen molar-refractivity contribution in [2.45, 2.75) is 39.4 Å². The number of nitriles is 1. The first-order valence-corrected chi connectivity index (χ1v) is 9.38. The predicted octanol–water partition coefficient (Wildman–Crippen LogP) is 0.656. The van der Waals surface area contributed by atoms with E-state index in [9.17, 15) is 24.4 Å². The van der Waals surface area contributed by atoms with Crippen molar-refractivity contribution < 1.29 is 14.3 Å². The molecule has 2 aromatic rings. The van der Waals surface area contributed by atoms with Crippen LogP contribution in [0.1, 0.15) is 26.3 Å². The number of ether oxygens (including phenoxy) is 1. The molecule has 2 rings (SSSR count). The van der Waals surface area contributed by atoms with Gasteiger partial charge in [-0.05, 0) is 18.4 Å². The number of hydrogen-bond donors (Lipinski definition) is 1. The first kappa shape index (κ1) is 22.6. The van der Waals surface area contributed by atoms with Crippen molar-refractivity contribution in [1.29, 1.82) is 5.26 Å². The molecule has 0 bridgehead atoms. The molecule has 0 fully saturated rings. The van der Waals surface area contributed by atoms with Crippen molar-refractivity contribution in [3.05, 3.63) is 69.0 Å². The lowest BCUT2D eigenvalue weighted by atomic mass is 9.90. The van der Waals surface area contributed by atoms with Gasteiger partial charge in [0.25, 0.3) is 11.5 Å². The van der Waals surface area contributed by atoms with Crippen molar-refractivity contribution in [1.82, 2.24) is 14.5 Å². The zero-order chi connectivity index (χ0) is 22.3. The number of carbonyl (C=O) groups is 2. The number of amides is 1. The van der Waals surface area contributed by atoms with Crippen molar-refractivity contribution in [3.63, 3.8) is 0 Å². The standard InChI is InChI=1S/C21H24N4O5/c1-15(2)21(3,14-22)23-17(26)13-30-19(28)12-25-18(27)9-10-24(20(25)29)11-16-7-5-4-6-8-16/h4-10,15H,11-13H2,1-3H3,(H,23,26)/t21-/m0/s1. The van der Waals surface area contributed by atoms with Gasteiger partial charge in [-0.25, -0.2) is 9.36 Å². The summed E-state index contributed by atoms with van der Waals surface area (Å²) >= 11 is 0. The highest BCUT2D eigenvalue weighted by Crippen LogP contribution is 2.14. The highest BCUT2D eigenvalue weighted by Gasteiger charge is 2.30. The molecule has 1 heterocycles. The van der Waals surface area contributed by atoms with E-state index in [0.717, 1.165) is 10.1 Å². The minimum absolute atomic E-state index is 0.159. The molecule has 0 aliphatic heterocycles. The summed E-state index contributed by atoms with van der Waals surface area (Å²) in [6.45, 7) is 4.11. The smallest absolute Gasteiger partial charge is 0.331 e. The van der Waals surface area contributed by atoms with Crippen LogP contribution in [0.15, 0.2) is 52.2 Å². The Hall–Kier alpha value is -3.67. The molecule has 0 radical (unpaired) electrons. The van der Waals surface area contributed by atoms with Crippen LogP contribution in [-0.2, 0) is 27.4 Å². The molecule has 0 aliphatic carbocycles. The van der Waals surface area contributed by atoms with E-state index in [1.165, 1.54) is 16.8 Å². The minimum Gasteiger partial charge on any atom is -0.454 e. The third-order valence-corrected chi connectivity index (χ3v) is 4.77. The molecule has 1 atom stereocenters.